The Balaban J connectivity index is 0.00000173. The molecule has 3 nitrogen and oxygen atoms in total. The molecular weight excluding hydrogens is 495 g/mol. The van der Waals surface area contributed by atoms with Crippen LogP contribution in [-0.4, -0.2) is 55.1 Å². The Morgan fingerprint density at radius 3 is 2.26 bits per heavy atom. The summed E-state index contributed by atoms with van der Waals surface area (Å²) in [5.74, 6) is 5.46. The molecule has 0 bridgehead atoms. The van der Waals surface area contributed by atoms with Gasteiger partial charge in [0, 0.05) is 0 Å². The van der Waals surface area contributed by atoms with E-state index in [9.17, 15) is 5.11 Å². The van der Waals surface area contributed by atoms with Crippen LogP contribution in [0.2, 0.25) is 0 Å². The SMILES string of the molecule is CC(C)CCC[C@@H](C)[C@H]1CC[C@H]2[C@@H]3CC=C4C[C@@H](O)CC[C@]4(C)[C@H]3CC[C@]12C.O=C=O.[Ca+2].[Cl-].[Cl-]. The van der Waals surface area contributed by atoms with Crippen LogP contribution < -0.4 is 24.8 Å². The number of hydrogen-bond acceptors (Lipinski definition) is 3. The van der Waals surface area contributed by atoms with Crippen LogP contribution in [0.5, 0.6) is 0 Å². The molecule has 4 aliphatic carbocycles. The van der Waals surface area contributed by atoms with Gasteiger partial charge in [0.2, 0.25) is 0 Å². The van der Waals surface area contributed by atoms with Crippen molar-refractivity contribution in [1.29, 1.82) is 0 Å². The molecule has 192 valence electrons. The average Bonchev–Trinajstić information content (AvgIpc) is 3.06. The van der Waals surface area contributed by atoms with E-state index in [1.165, 1.54) is 57.8 Å². The number of carbonyl (C=O) groups excluding carboxylic acids is 2. The number of rotatable bonds is 5. The molecular formula is C28H46CaCl2O3. The first-order valence-corrected chi connectivity index (χ1v) is 13.0. The monoisotopic (exact) mass is 540 g/mol. The standard InChI is InChI=1S/C27H46O.CO2.Ca.2ClH/c1-18(2)7-6-8-19(3)23-11-12-24-22-10-9-20-17-21(28)13-15-26(20,4)25(22)14-16-27(23,24)5;2-1-3;;;/h9,18-19,21-25,28H,6-8,10-17H2,1-5H3;;;2*1H/q;;+2;;/p-2/t19-,21+,22+,23-,24+,25+,26+,27-;;;;/m1..../s1. The minimum Gasteiger partial charge on any atom is -1.00 e. The van der Waals surface area contributed by atoms with E-state index in [4.69, 9.17) is 9.59 Å². The Bertz CT molecular complexity index is 693. The predicted octanol–water partition coefficient (Wildman–Crippen LogP) is 0.432. The molecule has 0 aliphatic heterocycles. The largest absolute Gasteiger partial charge is 2.00 e. The van der Waals surface area contributed by atoms with Gasteiger partial charge in [-0.15, -0.1) is 0 Å². The number of aliphatic hydroxyl groups is 1. The van der Waals surface area contributed by atoms with E-state index in [1.807, 2.05) is 0 Å². The summed E-state index contributed by atoms with van der Waals surface area (Å²) in [5, 5.41) is 10.2. The smallest absolute Gasteiger partial charge is 1.00 e. The molecule has 0 spiro atoms. The molecule has 0 amide bonds. The third-order valence-corrected chi connectivity index (χ3v) is 10.3. The maximum atomic E-state index is 10.2. The molecule has 0 aromatic carbocycles. The van der Waals surface area contributed by atoms with Crippen LogP contribution in [0.25, 0.3) is 0 Å². The Hall–Kier alpha value is 0.920. The Morgan fingerprint density at radius 2 is 1.65 bits per heavy atom. The van der Waals surface area contributed by atoms with E-state index in [0.717, 1.165) is 48.3 Å². The summed E-state index contributed by atoms with van der Waals surface area (Å²) in [6.45, 7) is 12.6. The van der Waals surface area contributed by atoms with E-state index >= 15 is 0 Å². The zero-order valence-corrected chi connectivity index (χ0v) is 25.8. The first-order chi connectivity index (χ1) is 14.7. The summed E-state index contributed by atoms with van der Waals surface area (Å²) in [7, 11) is 0. The van der Waals surface area contributed by atoms with Crippen LogP contribution in [-0.2, 0) is 9.59 Å². The van der Waals surface area contributed by atoms with Crippen molar-refractivity contribution >= 4 is 43.9 Å². The molecule has 0 unspecified atom stereocenters. The van der Waals surface area contributed by atoms with Gasteiger partial charge in [0.25, 0.3) is 0 Å². The van der Waals surface area contributed by atoms with Crippen LogP contribution in [0.15, 0.2) is 11.6 Å². The van der Waals surface area contributed by atoms with E-state index in [0.29, 0.717) is 10.8 Å². The van der Waals surface area contributed by atoms with Crippen molar-refractivity contribution in [2.24, 2.45) is 46.3 Å². The molecule has 0 aromatic heterocycles. The Labute approximate surface area is 250 Å². The summed E-state index contributed by atoms with van der Waals surface area (Å²) >= 11 is 0. The first-order valence-electron chi connectivity index (χ1n) is 13.0. The average molecular weight is 542 g/mol. The number of hydrogen-bond donors (Lipinski definition) is 1. The van der Waals surface area contributed by atoms with Gasteiger partial charge in [-0.05, 0) is 97.7 Å². The van der Waals surface area contributed by atoms with Crippen molar-refractivity contribution < 1.29 is 39.5 Å². The van der Waals surface area contributed by atoms with Crippen molar-refractivity contribution in [2.75, 3.05) is 0 Å². The van der Waals surface area contributed by atoms with Gasteiger partial charge < -0.3 is 29.9 Å². The van der Waals surface area contributed by atoms with Crippen LogP contribution in [0.3, 0.4) is 0 Å². The topological polar surface area (TPSA) is 54.4 Å². The molecule has 1 N–H and O–H groups in total. The number of halogens is 2. The molecule has 0 heterocycles. The second-order valence-electron chi connectivity index (χ2n) is 12.3. The molecule has 0 radical (unpaired) electrons. The Morgan fingerprint density at radius 1 is 1.00 bits per heavy atom. The minimum atomic E-state index is -0.0766. The predicted molar refractivity (Wildman–Crippen MR) is 130 cm³/mol. The quantitative estimate of drug-likeness (QED) is 0.406. The molecule has 34 heavy (non-hydrogen) atoms. The zero-order chi connectivity index (χ0) is 22.8. The van der Waals surface area contributed by atoms with Gasteiger partial charge in [-0.25, -0.2) is 0 Å². The van der Waals surface area contributed by atoms with Gasteiger partial charge >= 0.3 is 43.9 Å². The molecule has 0 saturated heterocycles. The van der Waals surface area contributed by atoms with Gasteiger partial charge in [0.05, 0.1) is 6.10 Å². The van der Waals surface area contributed by atoms with Crippen molar-refractivity contribution in [2.45, 2.75) is 111 Å². The molecule has 8 atom stereocenters. The molecule has 3 fully saturated rings. The van der Waals surface area contributed by atoms with Crippen LogP contribution in [0, 0.1) is 46.3 Å². The summed E-state index contributed by atoms with van der Waals surface area (Å²) < 4.78 is 0. The molecule has 0 aromatic rings. The number of aliphatic hydroxyl groups excluding tert-OH is 1. The summed E-state index contributed by atoms with van der Waals surface area (Å²) in [4.78, 5) is 16.2. The van der Waals surface area contributed by atoms with Gasteiger partial charge in [-0.2, -0.15) is 9.59 Å². The molecule has 6 heteroatoms. The summed E-state index contributed by atoms with van der Waals surface area (Å²) in [6, 6.07) is 0. The second-order valence-corrected chi connectivity index (χ2v) is 12.3. The second kappa shape index (κ2) is 14.8. The van der Waals surface area contributed by atoms with Crippen LogP contribution in [0.1, 0.15) is 105 Å². The number of allylic oxidation sites excluding steroid dienone is 1. The zero-order valence-electron chi connectivity index (χ0n) is 22.1. The fourth-order valence-corrected chi connectivity index (χ4v) is 8.67. The first kappa shape index (κ1) is 34.9. The van der Waals surface area contributed by atoms with Crippen LogP contribution >= 0.6 is 0 Å². The summed E-state index contributed by atoms with van der Waals surface area (Å²) in [5.41, 5.74) is 2.60. The summed E-state index contributed by atoms with van der Waals surface area (Å²) in [6.07, 6.45) is 17.4. The van der Waals surface area contributed by atoms with Crippen LogP contribution in [0.4, 0.5) is 0 Å². The van der Waals surface area contributed by atoms with Gasteiger partial charge in [-0.1, -0.05) is 65.5 Å². The van der Waals surface area contributed by atoms with Crippen molar-refractivity contribution in [1.82, 2.24) is 0 Å². The fourth-order valence-electron chi connectivity index (χ4n) is 8.67. The molecule has 4 aliphatic rings. The third-order valence-electron chi connectivity index (χ3n) is 10.3. The fraction of sp³-hybridized carbons (Fsp3) is 0.893. The maximum absolute atomic E-state index is 10.2. The minimum absolute atomic E-state index is 0. The van der Waals surface area contributed by atoms with E-state index in [1.54, 1.807) is 5.57 Å². The van der Waals surface area contributed by atoms with Crippen molar-refractivity contribution in [3.63, 3.8) is 0 Å². The van der Waals surface area contributed by atoms with E-state index < -0.39 is 0 Å². The van der Waals surface area contributed by atoms with Crippen molar-refractivity contribution in [3.8, 4) is 0 Å². The molecule has 3 saturated carbocycles. The molecule has 4 rings (SSSR count). The van der Waals surface area contributed by atoms with Gasteiger partial charge in [-0.3, -0.25) is 0 Å². The van der Waals surface area contributed by atoms with E-state index in [2.05, 4.69) is 40.7 Å². The number of fused-ring (bicyclic) bond motifs is 5. The van der Waals surface area contributed by atoms with Crippen molar-refractivity contribution in [3.05, 3.63) is 11.6 Å². The van der Waals surface area contributed by atoms with E-state index in [-0.39, 0.29) is 74.8 Å². The Kier molecular flexibility index (Phi) is 15.2. The third kappa shape index (κ3) is 7.06. The van der Waals surface area contributed by atoms with Gasteiger partial charge in [0.1, 0.15) is 0 Å². The normalized spacial score (nSPS) is 38.6. The van der Waals surface area contributed by atoms with Gasteiger partial charge in [0.15, 0.2) is 0 Å². The maximum Gasteiger partial charge on any atom is 2.00 e.